The van der Waals surface area contributed by atoms with E-state index >= 15 is 0 Å². The van der Waals surface area contributed by atoms with Crippen LogP contribution in [0.25, 0.3) is 59.8 Å². The molecule has 1 atom stereocenters. The molecular formula is C55H36N2. The lowest BCUT2D eigenvalue weighted by Gasteiger charge is -2.35. The van der Waals surface area contributed by atoms with Crippen molar-refractivity contribution in [2.24, 2.45) is 0 Å². The highest BCUT2D eigenvalue weighted by Crippen LogP contribution is 2.57. The van der Waals surface area contributed by atoms with Gasteiger partial charge in [-0.3, -0.25) is 0 Å². The smallest absolute Gasteiger partial charge is 0.0714 e. The maximum Gasteiger partial charge on any atom is 0.0714 e. The lowest BCUT2D eigenvalue weighted by Crippen LogP contribution is -2.29. The molecule has 2 nitrogen and oxygen atoms in total. The van der Waals surface area contributed by atoms with Gasteiger partial charge < -0.3 is 9.47 Å². The number of benzene rings is 10. The summed E-state index contributed by atoms with van der Waals surface area (Å²) in [7, 11) is 0. The summed E-state index contributed by atoms with van der Waals surface area (Å²) in [5, 5.41) is 10.1. The van der Waals surface area contributed by atoms with E-state index in [9.17, 15) is 0 Å². The molecule has 0 N–H and O–H groups in total. The Hall–Kier alpha value is -7.42. The highest BCUT2D eigenvalue weighted by atomic mass is 15.1. The van der Waals surface area contributed by atoms with Gasteiger partial charge in [-0.05, 0) is 121 Å². The number of anilines is 3. The first-order valence-corrected chi connectivity index (χ1v) is 19.8. The Morgan fingerprint density at radius 1 is 0.333 bits per heavy atom. The standard InChI is InChI=1S/C55H36N2/c1-4-18-41(19-5-1)55(42-30-32-52-48(35-42)47-24-12-13-26-51(47)57(52)44-22-8-3-9-23-44)49-25-14-17-38-27-28-40-34-46(36-50(55)54(40)53(38)49)56(43-20-6-2-7-21-43)45-31-29-37-15-10-11-16-39(37)33-45/h1-36H. The van der Waals surface area contributed by atoms with Gasteiger partial charge in [0.2, 0.25) is 0 Å². The molecule has 0 bridgehead atoms. The molecule has 2 heteroatoms. The predicted octanol–water partition coefficient (Wildman–Crippen LogP) is 14.4. The molecule has 11 aromatic rings. The van der Waals surface area contributed by atoms with Crippen LogP contribution in [0.5, 0.6) is 0 Å². The van der Waals surface area contributed by atoms with Crippen LogP contribution >= 0.6 is 0 Å². The molecule has 12 rings (SSSR count). The third-order valence-corrected chi connectivity index (χ3v) is 12.3. The van der Waals surface area contributed by atoms with E-state index in [-0.39, 0.29) is 0 Å². The van der Waals surface area contributed by atoms with Crippen molar-refractivity contribution in [1.82, 2.24) is 4.57 Å². The fraction of sp³-hybridized carbons (Fsp3) is 0.0182. The molecule has 1 aliphatic carbocycles. The first-order chi connectivity index (χ1) is 28.3. The van der Waals surface area contributed by atoms with Gasteiger partial charge in [-0.15, -0.1) is 0 Å². The van der Waals surface area contributed by atoms with E-state index in [0.717, 1.165) is 22.7 Å². The number of rotatable bonds is 6. The highest BCUT2D eigenvalue weighted by Gasteiger charge is 2.45. The molecule has 1 unspecified atom stereocenters. The summed E-state index contributed by atoms with van der Waals surface area (Å²) in [4.78, 5) is 2.43. The number of fused-ring (bicyclic) bond motifs is 4. The fourth-order valence-electron chi connectivity index (χ4n) is 9.99. The van der Waals surface area contributed by atoms with E-state index in [4.69, 9.17) is 0 Å². The van der Waals surface area contributed by atoms with Gasteiger partial charge in [0.05, 0.1) is 16.4 Å². The quantitative estimate of drug-likeness (QED) is 0.155. The third-order valence-electron chi connectivity index (χ3n) is 12.3. The van der Waals surface area contributed by atoms with Gasteiger partial charge in [-0.1, -0.05) is 152 Å². The van der Waals surface area contributed by atoms with Crippen LogP contribution in [0.4, 0.5) is 17.1 Å². The zero-order chi connectivity index (χ0) is 37.5. The second-order valence-electron chi connectivity index (χ2n) is 15.3. The zero-order valence-electron chi connectivity index (χ0n) is 31.2. The second-order valence-corrected chi connectivity index (χ2v) is 15.3. The van der Waals surface area contributed by atoms with E-state index in [1.807, 2.05) is 0 Å². The lowest BCUT2D eigenvalue weighted by atomic mass is 9.67. The molecule has 1 aromatic heterocycles. The number of para-hydroxylation sites is 3. The average molecular weight is 725 g/mol. The fourth-order valence-corrected chi connectivity index (χ4v) is 9.99. The van der Waals surface area contributed by atoms with Crippen molar-refractivity contribution in [2.75, 3.05) is 4.90 Å². The summed E-state index contributed by atoms with van der Waals surface area (Å²) in [6.07, 6.45) is 0. The van der Waals surface area contributed by atoms with Crippen LogP contribution in [0.15, 0.2) is 218 Å². The summed E-state index contributed by atoms with van der Waals surface area (Å²) >= 11 is 0. The maximum atomic E-state index is 2.49. The first kappa shape index (κ1) is 31.9. The van der Waals surface area contributed by atoms with Crippen LogP contribution in [-0.4, -0.2) is 4.57 Å². The van der Waals surface area contributed by atoms with Gasteiger partial charge in [-0.25, -0.2) is 0 Å². The summed E-state index contributed by atoms with van der Waals surface area (Å²) in [5.41, 5.74) is 11.5. The van der Waals surface area contributed by atoms with E-state index in [2.05, 4.69) is 228 Å². The molecule has 10 aromatic carbocycles. The Morgan fingerprint density at radius 3 is 1.81 bits per heavy atom. The van der Waals surface area contributed by atoms with Crippen LogP contribution in [0, 0.1) is 0 Å². The highest BCUT2D eigenvalue weighted by molar-refractivity contribution is 6.18. The van der Waals surface area contributed by atoms with Gasteiger partial charge in [-0.2, -0.15) is 0 Å². The molecule has 57 heavy (non-hydrogen) atoms. The Balaban J connectivity index is 1.19. The predicted molar refractivity (Wildman–Crippen MR) is 240 cm³/mol. The van der Waals surface area contributed by atoms with Gasteiger partial charge in [0.15, 0.2) is 0 Å². The molecule has 0 fully saturated rings. The normalized spacial score (nSPS) is 14.7. The molecule has 0 saturated heterocycles. The summed E-state index contributed by atoms with van der Waals surface area (Å²) in [6.45, 7) is 0. The van der Waals surface area contributed by atoms with Crippen molar-refractivity contribution in [3.05, 3.63) is 241 Å². The van der Waals surface area contributed by atoms with Gasteiger partial charge >= 0.3 is 0 Å². The molecule has 0 amide bonds. The van der Waals surface area contributed by atoms with Crippen LogP contribution in [0.3, 0.4) is 0 Å². The third kappa shape index (κ3) is 4.59. The van der Waals surface area contributed by atoms with Crippen molar-refractivity contribution < 1.29 is 0 Å². The molecule has 0 saturated carbocycles. The van der Waals surface area contributed by atoms with Crippen LogP contribution in [-0.2, 0) is 5.41 Å². The lowest BCUT2D eigenvalue weighted by molar-refractivity contribution is 0.773. The Kier molecular flexibility index (Phi) is 6.88. The summed E-state index contributed by atoms with van der Waals surface area (Å²) < 4.78 is 2.41. The largest absolute Gasteiger partial charge is 0.310 e. The van der Waals surface area contributed by atoms with Crippen molar-refractivity contribution in [1.29, 1.82) is 0 Å². The van der Waals surface area contributed by atoms with Crippen molar-refractivity contribution >= 4 is 71.2 Å². The number of hydrogen-bond donors (Lipinski definition) is 0. The van der Waals surface area contributed by atoms with Crippen molar-refractivity contribution in [3.8, 4) is 5.69 Å². The number of nitrogens with zero attached hydrogens (tertiary/aromatic N) is 2. The first-order valence-electron chi connectivity index (χ1n) is 19.8. The van der Waals surface area contributed by atoms with E-state index in [1.165, 1.54) is 76.4 Å². The monoisotopic (exact) mass is 724 g/mol. The summed E-state index contributed by atoms with van der Waals surface area (Å²) in [5.74, 6) is 0. The number of aromatic nitrogens is 1. The number of hydrogen-bond acceptors (Lipinski definition) is 1. The minimum Gasteiger partial charge on any atom is -0.310 e. The maximum absolute atomic E-state index is 2.49. The van der Waals surface area contributed by atoms with Crippen LogP contribution < -0.4 is 4.90 Å². The Bertz CT molecular complexity index is 3350. The molecule has 0 radical (unpaired) electrons. The molecule has 1 aliphatic rings. The SMILES string of the molecule is c1ccc(N(c2ccc3ccccc3c2)c2cc3c4c(ccc5cccc(c54)C3(c3ccccc3)c3ccc4c(c3)c3ccccc3n4-c3ccccc3)c2)cc1. The second kappa shape index (κ2) is 12.3. The zero-order valence-corrected chi connectivity index (χ0v) is 31.2. The Morgan fingerprint density at radius 2 is 0.965 bits per heavy atom. The molecule has 1 heterocycles. The molecule has 0 spiro atoms. The van der Waals surface area contributed by atoms with Crippen LogP contribution in [0.1, 0.15) is 22.3 Å². The minimum absolute atomic E-state index is 0.589. The molecule has 266 valence electrons. The average Bonchev–Trinajstić information content (AvgIpc) is 3.78. The van der Waals surface area contributed by atoms with Crippen LogP contribution in [0.2, 0.25) is 0 Å². The van der Waals surface area contributed by atoms with E-state index in [0.29, 0.717) is 0 Å². The van der Waals surface area contributed by atoms with Gasteiger partial charge in [0, 0.05) is 33.5 Å². The van der Waals surface area contributed by atoms with E-state index < -0.39 is 5.41 Å². The topological polar surface area (TPSA) is 8.17 Å². The summed E-state index contributed by atoms with van der Waals surface area (Å²) in [6, 6.07) is 80.8. The van der Waals surface area contributed by atoms with Gasteiger partial charge in [0.25, 0.3) is 0 Å². The van der Waals surface area contributed by atoms with Crippen molar-refractivity contribution in [3.63, 3.8) is 0 Å². The minimum atomic E-state index is -0.589. The van der Waals surface area contributed by atoms with Gasteiger partial charge in [0.1, 0.15) is 0 Å². The molecule has 0 aliphatic heterocycles. The molecular weight excluding hydrogens is 689 g/mol. The van der Waals surface area contributed by atoms with Crippen molar-refractivity contribution in [2.45, 2.75) is 5.41 Å². The van der Waals surface area contributed by atoms with E-state index in [1.54, 1.807) is 0 Å². The Labute approximate surface area is 331 Å².